The first-order valence-corrected chi connectivity index (χ1v) is 8.82. The van der Waals surface area contributed by atoms with Crippen LogP contribution in [0, 0.1) is 0 Å². The van der Waals surface area contributed by atoms with Crippen LogP contribution in [0.3, 0.4) is 0 Å². The van der Waals surface area contributed by atoms with Gasteiger partial charge in [-0.2, -0.15) is 0 Å². The van der Waals surface area contributed by atoms with Gasteiger partial charge >= 0.3 is 0 Å². The number of nitrogens with one attached hydrogen (secondary N) is 2. The molecule has 1 fully saturated rings. The van der Waals surface area contributed by atoms with Crippen molar-refractivity contribution >= 4 is 41.5 Å². The number of hydrogen-bond acceptors (Lipinski definition) is 3. The molecular weight excluding hydrogens is 451 g/mol. The number of hydrogen-bond donors (Lipinski definition) is 2. The van der Waals surface area contributed by atoms with Gasteiger partial charge in [-0.05, 0) is 24.6 Å². The van der Waals surface area contributed by atoms with E-state index < -0.39 is 0 Å². The van der Waals surface area contributed by atoms with Gasteiger partial charge in [0.1, 0.15) is 0 Å². The molecule has 0 radical (unpaired) electrons. The summed E-state index contributed by atoms with van der Waals surface area (Å²) in [5, 5.41) is 7.26. The van der Waals surface area contributed by atoms with Gasteiger partial charge in [-0.3, -0.25) is 9.89 Å². The molecule has 0 aromatic heterocycles. The predicted octanol–water partition coefficient (Wildman–Crippen LogP) is 3.07. The van der Waals surface area contributed by atoms with E-state index in [-0.39, 0.29) is 30.0 Å². The molecule has 1 unspecified atom stereocenters. The summed E-state index contributed by atoms with van der Waals surface area (Å²) < 4.78 is 5.49. The Morgan fingerprint density at radius 2 is 2.00 bits per heavy atom. The summed E-state index contributed by atoms with van der Waals surface area (Å²) in [5.41, 5.74) is 1.23. The summed E-state index contributed by atoms with van der Waals surface area (Å²) >= 11 is 6.04. The third-order valence-corrected chi connectivity index (χ3v) is 4.17. The molecule has 1 heterocycles. The quantitative estimate of drug-likeness (QED) is 0.274. The smallest absolute Gasteiger partial charge is 0.191 e. The Balaban J connectivity index is 0.00000312. The lowest BCUT2D eigenvalue weighted by Crippen LogP contribution is -2.41. The molecule has 0 aliphatic carbocycles. The number of nitrogens with zero attached hydrogens (tertiary/aromatic N) is 2. The zero-order chi connectivity index (χ0) is 17.2. The fraction of sp³-hybridized carbons (Fsp3) is 0.500. The van der Waals surface area contributed by atoms with E-state index in [1.165, 1.54) is 5.56 Å². The molecule has 1 aliphatic rings. The summed E-state index contributed by atoms with van der Waals surface area (Å²) in [5.74, 6) is 0.810. The van der Waals surface area contributed by atoms with E-state index in [1.807, 2.05) is 18.2 Å². The summed E-state index contributed by atoms with van der Waals surface area (Å²) in [4.78, 5) is 7.18. The van der Waals surface area contributed by atoms with Crippen molar-refractivity contribution in [3.05, 3.63) is 47.5 Å². The van der Waals surface area contributed by atoms with Gasteiger partial charge in [0.05, 0.1) is 25.8 Å². The number of halogens is 2. The third-order valence-electron chi connectivity index (χ3n) is 3.92. The number of morpholine rings is 1. The molecule has 1 atom stereocenters. The average Bonchev–Trinajstić information content (AvgIpc) is 2.62. The summed E-state index contributed by atoms with van der Waals surface area (Å²) in [6, 6.07) is 8.26. The van der Waals surface area contributed by atoms with Gasteiger partial charge in [0.2, 0.25) is 0 Å². The minimum absolute atomic E-state index is 0. The van der Waals surface area contributed by atoms with Gasteiger partial charge in [0, 0.05) is 31.2 Å². The van der Waals surface area contributed by atoms with Crippen LogP contribution in [-0.2, 0) is 4.74 Å². The molecule has 0 saturated carbocycles. The maximum Gasteiger partial charge on any atom is 0.191 e. The van der Waals surface area contributed by atoms with Crippen LogP contribution in [0.2, 0.25) is 5.02 Å². The van der Waals surface area contributed by atoms with E-state index in [0.29, 0.717) is 13.1 Å². The third kappa shape index (κ3) is 7.52. The van der Waals surface area contributed by atoms with Crippen molar-refractivity contribution < 1.29 is 4.74 Å². The second-order valence-electron chi connectivity index (χ2n) is 5.60. The molecule has 1 saturated heterocycles. The van der Waals surface area contributed by atoms with Crippen molar-refractivity contribution in [3.8, 4) is 0 Å². The van der Waals surface area contributed by atoms with Crippen LogP contribution in [-0.4, -0.2) is 56.8 Å². The van der Waals surface area contributed by atoms with Gasteiger partial charge in [0.25, 0.3) is 0 Å². The Bertz CT molecular complexity index is 532. The molecule has 1 aliphatic heterocycles. The van der Waals surface area contributed by atoms with E-state index in [0.717, 1.165) is 43.8 Å². The highest BCUT2D eigenvalue weighted by molar-refractivity contribution is 14.0. The van der Waals surface area contributed by atoms with Crippen molar-refractivity contribution in [2.24, 2.45) is 4.99 Å². The predicted molar refractivity (Wildman–Crippen MR) is 116 cm³/mol. The van der Waals surface area contributed by atoms with E-state index in [1.54, 1.807) is 0 Å². The number of guanidine groups is 1. The highest BCUT2D eigenvalue weighted by Crippen LogP contribution is 2.24. The number of rotatable bonds is 7. The van der Waals surface area contributed by atoms with E-state index in [2.05, 4.69) is 41.2 Å². The maximum atomic E-state index is 6.04. The molecule has 2 rings (SSSR count). The van der Waals surface area contributed by atoms with Crippen LogP contribution in [0.4, 0.5) is 0 Å². The van der Waals surface area contributed by atoms with E-state index >= 15 is 0 Å². The first kappa shape index (κ1) is 22.2. The van der Waals surface area contributed by atoms with Crippen molar-refractivity contribution in [2.45, 2.75) is 13.0 Å². The lowest BCUT2D eigenvalue weighted by Gasteiger charge is -2.34. The molecule has 0 amide bonds. The Labute approximate surface area is 172 Å². The van der Waals surface area contributed by atoms with Crippen LogP contribution in [0.15, 0.2) is 41.9 Å². The lowest BCUT2D eigenvalue weighted by molar-refractivity contribution is 0.0180. The molecule has 25 heavy (non-hydrogen) atoms. The van der Waals surface area contributed by atoms with Gasteiger partial charge in [-0.25, -0.2) is 0 Å². The number of ether oxygens (including phenoxy) is 1. The summed E-state index contributed by atoms with van der Waals surface area (Å²) in [6.45, 7) is 11.4. The first-order chi connectivity index (χ1) is 11.7. The fourth-order valence-electron chi connectivity index (χ4n) is 2.69. The normalized spacial score (nSPS) is 16.6. The highest BCUT2D eigenvalue weighted by atomic mass is 127. The molecule has 1 aromatic rings. The molecule has 1 aromatic carbocycles. The fourth-order valence-corrected chi connectivity index (χ4v) is 2.82. The molecule has 2 N–H and O–H groups in total. The molecule has 0 bridgehead atoms. The van der Waals surface area contributed by atoms with Crippen LogP contribution in [0.25, 0.3) is 0 Å². The Morgan fingerprint density at radius 3 is 2.60 bits per heavy atom. The monoisotopic (exact) mass is 478 g/mol. The first-order valence-electron chi connectivity index (χ1n) is 8.45. The average molecular weight is 479 g/mol. The van der Waals surface area contributed by atoms with Gasteiger partial charge in [0.15, 0.2) is 5.96 Å². The van der Waals surface area contributed by atoms with Gasteiger partial charge in [-0.1, -0.05) is 29.8 Å². The molecule has 140 valence electrons. The van der Waals surface area contributed by atoms with Gasteiger partial charge in [-0.15, -0.1) is 30.6 Å². The van der Waals surface area contributed by atoms with E-state index in [4.69, 9.17) is 21.3 Å². The second-order valence-corrected chi connectivity index (χ2v) is 6.04. The molecule has 0 spiro atoms. The standard InChI is InChI=1S/C18H27ClN4O.HI/c1-3-9-21-18(20-4-2)22-14-17(23-10-12-24-13-11-23)15-5-7-16(19)8-6-15;/h3,5-8,17H,1,4,9-14H2,2H3,(H2,20,21,22);1H. The van der Waals surface area contributed by atoms with Crippen molar-refractivity contribution in [1.82, 2.24) is 15.5 Å². The summed E-state index contributed by atoms with van der Waals surface area (Å²) in [7, 11) is 0. The Morgan fingerprint density at radius 1 is 1.32 bits per heavy atom. The molecule has 5 nitrogen and oxygen atoms in total. The topological polar surface area (TPSA) is 48.9 Å². The minimum atomic E-state index is 0. The Kier molecular flexibility index (Phi) is 11.1. The minimum Gasteiger partial charge on any atom is -0.379 e. The van der Waals surface area contributed by atoms with Crippen molar-refractivity contribution in [3.63, 3.8) is 0 Å². The highest BCUT2D eigenvalue weighted by Gasteiger charge is 2.22. The largest absolute Gasteiger partial charge is 0.379 e. The van der Waals surface area contributed by atoms with Crippen LogP contribution >= 0.6 is 35.6 Å². The summed E-state index contributed by atoms with van der Waals surface area (Å²) in [6.07, 6.45) is 1.82. The molecule has 7 heteroatoms. The van der Waals surface area contributed by atoms with Gasteiger partial charge < -0.3 is 15.4 Å². The van der Waals surface area contributed by atoms with Crippen molar-refractivity contribution in [1.29, 1.82) is 0 Å². The van der Waals surface area contributed by atoms with Crippen LogP contribution < -0.4 is 10.6 Å². The SMILES string of the molecule is C=CCNC(=NCC(c1ccc(Cl)cc1)N1CCOCC1)NCC.I. The second kappa shape index (κ2) is 12.5. The molecular formula is C18H28ClIN4O. The zero-order valence-corrected chi connectivity index (χ0v) is 17.8. The van der Waals surface area contributed by atoms with Crippen LogP contribution in [0.5, 0.6) is 0 Å². The number of aliphatic imine (C=N–C) groups is 1. The number of benzene rings is 1. The lowest BCUT2D eigenvalue weighted by atomic mass is 10.0. The zero-order valence-electron chi connectivity index (χ0n) is 14.7. The maximum absolute atomic E-state index is 6.04. The van der Waals surface area contributed by atoms with Crippen LogP contribution in [0.1, 0.15) is 18.5 Å². The van der Waals surface area contributed by atoms with Crippen molar-refractivity contribution in [2.75, 3.05) is 45.9 Å². The Hall–Kier alpha value is -0.830. The van der Waals surface area contributed by atoms with E-state index in [9.17, 15) is 0 Å².